The fourth-order valence-electron chi connectivity index (χ4n) is 5.89. The molecule has 226 valence electrons. The Morgan fingerprint density at radius 3 is 2.55 bits per heavy atom. The van der Waals surface area contributed by atoms with Crippen molar-refractivity contribution >= 4 is 28.4 Å². The van der Waals surface area contributed by atoms with Crippen LogP contribution in [0, 0.1) is 5.82 Å². The number of pyridine rings is 1. The summed E-state index contributed by atoms with van der Waals surface area (Å²) in [5, 5.41) is 24.0. The monoisotopic (exact) mass is 596 g/mol. The Balaban J connectivity index is 1.02. The van der Waals surface area contributed by atoms with E-state index in [9.17, 15) is 14.0 Å². The second-order valence-electron chi connectivity index (χ2n) is 11.5. The second kappa shape index (κ2) is 11.5. The molecule has 2 fully saturated rings. The predicted molar refractivity (Wildman–Crippen MR) is 163 cm³/mol. The molecule has 0 spiro atoms. The Kier molecular flexibility index (Phi) is 7.28. The average Bonchev–Trinajstić information content (AvgIpc) is 3.66. The molecule has 1 saturated carbocycles. The van der Waals surface area contributed by atoms with Gasteiger partial charge < -0.3 is 15.5 Å². The lowest BCUT2D eigenvalue weighted by molar-refractivity contribution is 0.165. The maximum absolute atomic E-state index is 13.5. The molecule has 0 bridgehead atoms. The Labute approximate surface area is 252 Å². The number of hydrogen-bond donors (Lipinski definition) is 3. The third-order valence-corrected chi connectivity index (χ3v) is 8.71. The van der Waals surface area contributed by atoms with Crippen molar-refractivity contribution in [3.63, 3.8) is 0 Å². The molecule has 1 saturated heterocycles. The smallest absolute Gasteiger partial charge is 0.317 e. The van der Waals surface area contributed by atoms with Crippen LogP contribution in [0.25, 0.3) is 16.6 Å². The fraction of sp³-hybridized carbons (Fsp3) is 0.355. The highest BCUT2D eigenvalue weighted by atomic mass is 19.1. The first-order chi connectivity index (χ1) is 21.4. The molecule has 12 nitrogen and oxygen atoms in total. The molecular formula is C31H33FN10O2. The Bertz CT molecular complexity index is 1850. The molecule has 1 aliphatic carbocycles. The van der Waals surface area contributed by atoms with Gasteiger partial charge in [-0.05, 0) is 50.3 Å². The molecule has 1 aromatic carbocycles. The van der Waals surface area contributed by atoms with Crippen molar-refractivity contribution in [2.24, 2.45) is 0 Å². The van der Waals surface area contributed by atoms with E-state index in [1.165, 1.54) is 30.1 Å². The van der Waals surface area contributed by atoms with Crippen molar-refractivity contribution in [3.8, 4) is 5.82 Å². The number of nitrogens with one attached hydrogen (secondary N) is 3. The van der Waals surface area contributed by atoms with Gasteiger partial charge >= 0.3 is 6.03 Å². The van der Waals surface area contributed by atoms with E-state index in [0.717, 1.165) is 22.8 Å². The zero-order chi connectivity index (χ0) is 30.2. The number of urea groups is 1. The van der Waals surface area contributed by atoms with Gasteiger partial charge in [-0.3, -0.25) is 9.89 Å². The summed E-state index contributed by atoms with van der Waals surface area (Å²) < 4.78 is 16.2. The van der Waals surface area contributed by atoms with Gasteiger partial charge in [0.05, 0.1) is 29.9 Å². The van der Waals surface area contributed by atoms with Gasteiger partial charge in [-0.1, -0.05) is 30.7 Å². The molecule has 5 heterocycles. The summed E-state index contributed by atoms with van der Waals surface area (Å²) in [7, 11) is 0. The summed E-state index contributed by atoms with van der Waals surface area (Å²) >= 11 is 0. The van der Waals surface area contributed by atoms with Gasteiger partial charge in [0.1, 0.15) is 0 Å². The maximum Gasteiger partial charge on any atom is 0.317 e. The van der Waals surface area contributed by atoms with Crippen LogP contribution in [-0.2, 0) is 0 Å². The van der Waals surface area contributed by atoms with Crippen LogP contribution < -0.4 is 16.2 Å². The number of carbonyl (C=O) groups excluding carboxylic acids is 1. The number of halogens is 1. The van der Waals surface area contributed by atoms with Crippen molar-refractivity contribution < 1.29 is 9.18 Å². The van der Waals surface area contributed by atoms with Crippen molar-refractivity contribution in [1.29, 1.82) is 0 Å². The first kappa shape index (κ1) is 27.7. The number of fused-ring (bicyclic) bond motifs is 1. The highest BCUT2D eigenvalue weighted by Gasteiger charge is 2.27. The fourth-order valence-corrected chi connectivity index (χ4v) is 5.89. The molecule has 0 unspecified atom stereocenters. The van der Waals surface area contributed by atoms with Gasteiger partial charge in [-0.2, -0.15) is 15.3 Å². The lowest BCUT2D eigenvalue weighted by atomic mass is 9.83. The Hall–Kier alpha value is -5.07. The van der Waals surface area contributed by atoms with Gasteiger partial charge in [0.25, 0.3) is 5.56 Å². The summed E-state index contributed by atoms with van der Waals surface area (Å²) in [5.74, 6) is 1.83. The third kappa shape index (κ3) is 5.40. The van der Waals surface area contributed by atoms with Crippen molar-refractivity contribution in [2.75, 3.05) is 18.4 Å². The quantitative estimate of drug-likeness (QED) is 0.241. The second-order valence-corrected chi connectivity index (χ2v) is 11.5. The topological polar surface area (TPSA) is 139 Å². The van der Waals surface area contributed by atoms with E-state index in [4.69, 9.17) is 5.10 Å². The van der Waals surface area contributed by atoms with E-state index in [1.54, 1.807) is 21.8 Å². The standard InChI is InChI=1S/C31H33FN10O2/c1-19(21-9-10-28(33-16-21)41-18-22(32)17-34-41)35-31(44)40-13-11-23(12-14-40)42-30(43)25-8-3-2-7-24(25)29(39-42)36-27-15-26(37-38-27)20-5-4-6-20/h2-3,7-10,15-20,23H,4-6,11-14H2,1H3,(H,35,44)(H2,36,37,38,39)/t19-/m0/s1. The van der Waals surface area contributed by atoms with Gasteiger partial charge in [0.15, 0.2) is 23.3 Å². The zero-order valence-electron chi connectivity index (χ0n) is 24.3. The molecule has 2 amide bonds. The van der Waals surface area contributed by atoms with Gasteiger partial charge in [-0.15, -0.1) is 0 Å². The van der Waals surface area contributed by atoms with Crippen LogP contribution in [0.15, 0.2) is 65.8 Å². The van der Waals surface area contributed by atoms with E-state index >= 15 is 0 Å². The lowest BCUT2D eigenvalue weighted by Crippen LogP contribution is -2.46. The number of piperidine rings is 1. The van der Waals surface area contributed by atoms with Crippen molar-refractivity contribution in [1.82, 2.24) is 45.0 Å². The van der Waals surface area contributed by atoms with Crippen LogP contribution in [-0.4, -0.2) is 58.8 Å². The van der Waals surface area contributed by atoms with Crippen LogP contribution in [0.1, 0.15) is 68.3 Å². The molecule has 44 heavy (non-hydrogen) atoms. The molecule has 4 aromatic heterocycles. The number of carbonyl (C=O) groups is 1. The number of H-pyrrole nitrogens is 1. The summed E-state index contributed by atoms with van der Waals surface area (Å²) in [6.45, 7) is 2.86. The first-order valence-corrected chi connectivity index (χ1v) is 15.0. The van der Waals surface area contributed by atoms with Crippen LogP contribution in [0.3, 0.4) is 0 Å². The van der Waals surface area contributed by atoms with Crippen LogP contribution in [0.2, 0.25) is 0 Å². The molecule has 3 N–H and O–H groups in total. The molecule has 0 radical (unpaired) electrons. The number of benzene rings is 1. The number of aromatic nitrogens is 7. The molecule has 1 atom stereocenters. The minimum Gasteiger partial charge on any atom is -0.331 e. The van der Waals surface area contributed by atoms with Gasteiger partial charge in [-0.25, -0.2) is 23.5 Å². The normalized spacial score (nSPS) is 16.5. The SMILES string of the molecule is C[C@H](NC(=O)N1CCC(n2nc(Nc3cc(C4CCC4)[nH]n3)c3ccccc3c2=O)CC1)c1ccc(-n2cc(F)cn2)nc1. The number of aromatic amines is 1. The van der Waals surface area contributed by atoms with E-state index in [2.05, 4.69) is 30.9 Å². The summed E-state index contributed by atoms with van der Waals surface area (Å²) in [5.41, 5.74) is 1.79. The van der Waals surface area contributed by atoms with Crippen LogP contribution in [0.4, 0.5) is 20.8 Å². The number of rotatable bonds is 7. The number of nitrogens with zero attached hydrogens (tertiary/aromatic N) is 7. The predicted octanol–water partition coefficient (Wildman–Crippen LogP) is 4.96. The lowest BCUT2D eigenvalue weighted by Gasteiger charge is -2.33. The van der Waals surface area contributed by atoms with Crippen LogP contribution >= 0.6 is 0 Å². The van der Waals surface area contributed by atoms with E-state index in [1.807, 2.05) is 43.3 Å². The van der Waals surface area contributed by atoms with E-state index < -0.39 is 5.82 Å². The highest BCUT2D eigenvalue weighted by molar-refractivity contribution is 5.92. The largest absolute Gasteiger partial charge is 0.331 e. The molecule has 7 rings (SSSR count). The number of anilines is 2. The van der Waals surface area contributed by atoms with Crippen LogP contribution in [0.5, 0.6) is 0 Å². The Morgan fingerprint density at radius 2 is 1.86 bits per heavy atom. The van der Waals surface area contributed by atoms with Gasteiger partial charge in [0.2, 0.25) is 0 Å². The van der Waals surface area contributed by atoms with E-state index in [-0.39, 0.29) is 23.7 Å². The molecular weight excluding hydrogens is 563 g/mol. The highest BCUT2D eigenvalue weighted by Crippen LogP contribution is 2.36. The number of likely N-dealkylation sites (tertiary alicyclic amines) is 1. The van der Waals surface area contributed by atoms with Crippen molar-refractivity contribution in [3.05, 3.63) is 88.5 Å². The third-order valence-electron chi connectivity index (χ3n) is 8.71. The average molecular weight is 597 g/mol. The summed E-state index contributed by atoms with van der Waals surface area (Å²) in [6.07, 6.45) is 8.79. The molecule has 2 aliphatic rings. The molecule has 13 heteroatoms. The summed E-state index contributed by atoms with van der Waals surface area (Å²) in [6, 6.07) is 12.4. The Morgan fingerprint density at radius 1 is 1.07 bits per heavy atom. The number of hydrogen-bond acceptors (Lipinski definition) is 7. The zero-order valence-corrected chi connectivity index (χ0v) is 24.3. The molecule has 1 aliphatic heterocycles. The maximum atomic E-state index is 13.5. The first-order valence-electron chi connectivity index (χ1n) is 15.0. The van der Waals surface area contributed by atoms with Crippen molar-refractivity contribution in [2.45, 2.75) is 57.0 Å². The number of amides is 2. The minimum atomic E-state index is -0.440. The van der Waals surface area contributed by atoms with Gasteiger partial charge in [0, 0.05) is 42.4 Å². The van der Waals surface area contributed by atoms with E-state index in [0.29, 0.717) is 54.7 Å². The summed E-state index contributed by atoms with van der Waals surface area (Å²) in [4.78, 5) is 32.8. The minimum absolute atomic E-state index is 0.145. The molecule has 5 aromatic rings.